The first-order chi connectivity index (χ1) is 13.0. The van der Waals surface area contributed by atoms with Gasteiger partial charge in [0, 0.05) is 6.08 Å². The van der Waals surface area contributed by atoms with Gasteiger partial charge in [-0.25, -0.2) is 4.79 Å². The molecule has 2 aliphatic heterocycles. The Balaban J connectivity index is 1.80. The molecule has 0 amide bonds. The number of esters is 3. The Kier molecular flexibility index (Phi) is 6.16. The zero-order chi connectivity index (χ0) is 19.4. The van der Waals surface area contributed by atoms with E-state index in [1.807, 2.05) is 0 Å². The van der Waals surface area contributed by atoms with Crippen LogP contribution in [0.4, 0.5) is 0 Å². The standard InChI is InChI=1S/C19H26O8/c1-3-16(20)27-12(2)19(18(22)26-11-14-9-24-14)7-5-4-6-15(19)17(21)25-10-13-8-23-13/h3,12-15H,1,4-11H2,2H3. The molecule has 1 aliphatic carbocycles. The Morgan fingerprint density at radius 3 is 2.37 bits per heavy atom. The van der Waals surface area contributed by atoms with E-state index in [1.54, 1.807) is 6.92 Å². The summed E-state index contributed by atoms with van der Waals surface area (Å²) in [7, 11) is 0. The largest absolute Gasteiger partial charge is 0.463 e. The number of hydrogen-bond donors (Lipinski definition) is 0. The Hall–Kier alpha value is -1.93. The van der Waals surface area contributed by atoms with Crippen molar-refractivity contribution in [3.8, 4) is 0 Å². The van der Waals surface area contributed by atoms with Crippen molar-refractivity contribution in [1.29, 1.82) is 0 Å². The van der Waals surface area contributed by atoms with Gasteiger partial charge < -0.3 is 23.7 Å². The molecule has 3 aliphatic rings. The molecule has 8 heteroatoms. The minimum absolute atomic E-state index is 0.0677. The van der Waals surface area contributed by atoms with Crippen molar-refractivity contribution in [3.05, 3.63) is 12.7 Å². The molecule has 1 saturated carbocycles. The van der Waals surface area contributed by atoms with E-state index in [9.17, 15) is 14.4 Å². The molecule has 3 rings (SSSR count). The predicted octanol–water partition coefficient (Wildman–Crippen LogP) is 1.16. The molecule has 0 spiro atoms. The van der Waals surface area contributed by atoms with Gasteiger partial charge in [-0.2, -0.15) is 0 Å². The van der Waals surface area contributed by atoms with Crippen molar-refractivity contribution in [2.24, 2.45) is 11.3 Å². The molecular formula is C19H26O8. The Labute approximate surface area is 158 Å². The van der Waals surface area contributed by atoms with Gasteiger partial charge in [0.2, 0.25) is 0 Å². The van der Waals surface area contributed by atoms with Gasteiger partial charge in [0.1, 0.15) is 36.9 Å². The van der Waals surface area contributed by atoms with Crippen molar-refractivity contribution >= 4 is 17.9 Å². The van der Waals surface area contributed by atoms with E-state index in [0.717, 1.165) is 18.9 Å². The predicted molar refractivity (Wildman–Crippen MR) is 91.5 cm³/mol. The van der Waals surface area contributed by atoms with Crippen LogP contribution in [-0.4, -0.2) is 62.6 Å². The lowest BCUT2D eigenvalue weighted by atomic mass is 9.63. The van der Waals surface area contributed by atoms with Crippen molar-refractivity contribution in [1.82, 2.24) is 0 Å². The molecule has 0 radical (unpaired) electrons. The second kappa shape index (κ2) is 8.39. The first-order valence-corrected chi connectivity index (χ1v) is 9.37. The van der Waals surface area contributed by atoms with Gasteiger partial charge in [-0.3, -0.25) is 9.59 Å². The molecular weight excluding hydrogens is 356 g/mol. The summed E-state index contributed by atoms with van der Waals surface area (Å²) in [4.78, 5) is 37.7. The van der Waals surface area contributed by atoms with Crippen LogP contribution in [0.25, 0.3) is 0 Å². The van der Waals surface area contributed by atoms with Crippen LogP contribution < -0.4 is 0 Å². The van der Waals surface area contributed by atoms with Crippen LogP contribution in [0.1, 0.15) is 32.6 Å². The van der Waals surface area contributed by atoms with Gasteiger partial charge in [0.25, 0.3) is 0 Å². The monoisotopic (exact) mass is 382 g/mol. The number of ether oxygens (including phenoxy) is 5. The molecule has 0 N–H and O–H groups in total. The average molecular weight is 382 g/mol. The van der Waals surface area contributed by atoms with Crippen molar-refractivity contribution in [2.75, 3.05) is 26.4 Å². The van der Waals surface area contributed by atoms with Crippen LogP contribution in [0, 0.1) is 11.3 Å². The zero-order valence-electron chi connectivity index (χ0n) is 15.5. The summed E-state index contributed by atoms with van der Waals surface area (Å²) in [5.41, 5.74) is -1.28. The van der Waals surface area contributed by atoms with Gasteiger partial charge in [0.05, 0.1) is 19.1 Å². The SMILES string of the molecule is C=CC(=O)OC(C)C1(C(=O)OCC2CO2)CCCCC1C(=O)OCC1CO1. The maximum absolute atomic E-state index is 13.1. The molecule has 0 bridgehead atoms. The fourth-order valence-electron chi connectivity index (χ4n) is 3.66. The third-order valence-electron chi connectivity index (χ3n) is 5.42. The van der Waals surface area contributed by atoms with E-state index < -0.39 is 35.3 Å². The molecule has 3 fully saturated rings. The molecule has 0 aromatic heterocycles. The lowest BCUT2D eigenvalue weighted by Gasteiger charge is -2.43. The van der Waals surface area contributed by atoms with Crippen molar-refractivity contribution in [2.45, 2.75) is 50.9 Å². The van der Waals surface area contributed by atoms with E-state index in [2.05, 4.69) is 6.58 Å². The van der Waals surface area contributed by atoms with Gasteiger partial charge in [-0.15, -0.1) is 0 Å². The summed E-state index contributed by atoms with van der Waals surface area (Å²) in [5, 5.41) is 0. The molecule has 5 atom stereocenters. The minimum Gasteiger partial charge on any atom is -0.463 e. The molecule has 2 heterocycles. The molecule has 0 aromatic carbocycles. The second-order valence-corrected chi connectivity index (χ2v) is 7.26. The number of carbonyl (C=O) groups is 3. The number of hydrogen-bond acceptors (Lipinski definition) is 8. The first-order valence-electron chi connectivity index (χ1n) is 9.37. The highest BCUT2D eigenvalue weighted by Crippen LogP contribution is 2.47. The number of carbonyl (C=O) groups excluding carboxylic acids is 3. The maximum Gasteiger partial charge on any atom is 0.330 e. The highest BCUT2D eigenvalue weighted by molar-refractivity contribution is 5.87. The molecule has 150 valence electrons. The summed E-state index contributed by atoms with van der Waals surface area (Å²) in [6.45, 7) is 6.42. The third kappa shape index (κ3) is 4.68. The smallest absolute Gasteiger partial charge is 0.330 e. The van der Waals surface area contributed by atoms with Crippen LogP contribution in [-0.2, 0) is 38.1 Å². The first kappa shape index (κ1) is 19.8. The topological polar surface area (TPSA) is 104 Å². The average Bonchev–Trinajstić information content (AvgIpc) is 3.57. The summed E-state index contributed by atoms with van der Waals surface area (Å²) in [5.74, 6) is -2.42. The lowest BCUT2D eigenvalue weighted by Crippen LogP contribution is -2.54. The van der Waals surface area contributed by atoms with E-state index >= 15 is 0 Å². The highest BCUT2D eigenvalue weighted by atomic mass is 16.6. The normalized spacial score (nSPS) is 32.7. The summed E-state index contributed by atoms with van der Waals surface area (Å²) in [6.07, 6.45) is 2.36. The fraction of sp³-hybridized carbons (Fsp3) is 0.737. The van der Waals surface area contributed by atoms with Gasteiger partial charge in [-0.05, 0) is 19.8 Å². The van der Waals surface area contributed by atoms with Crippen molar-refractivity contribution < 1.29 is 38.1 Å². The van der Waals surface area contributed by atoms with E-state index in [0.29, 0.717) is 26.1 Å². The highest BCUT2D eigenvalue weighted by Gasteiger charge is 2.57. The zero-order valence-corrected chi connectivity index (χ0v) is 15.5. The maximum atomic E-state index is 13.1. The van der Waals surface area contributed by atoms with Gasteiger partial charge in [0.15, 0.2) is 0 Å². The van der Waals surface area contributed by atoms with Gasteiger partial charge in [-0.1, -0.05) is 19.4 Å². The van der Waals surface area contributed by atoms with Crippen LogP contribution in [0.3, 0.4) is 0 Å². The fourth-order valence-corrected chi connectivity index (χ4v) is 3.66. The van der Waals surface area contributed by atoms with Crippen LogP contribution >= 0.6 is 0 Å². The Morgan fingerprint density at radius 1 is 1.15 bits per heavy atom. The van der Waals surface area contributed by atoms with Gasteiger partial charge >= 0.3 is 17.9 Å². The quantitative estimate of drug-likeness (QED) is 0.253. The van der Waals surface area contributed by atoms with E-state index in [4.69, 9.17) is 23.7 Å². The Bertz CT molecular complexity index is 595. The summed E-state index contributed by atoms with van der Waals surface area (Å²) < 4.78 is 26.4. The Morgan fingerprint density at radius 2 is 1.78 bits per heavy atom. The number of epoxide rings is 2. The van der Waals surface area contributed by atoms with E-state index in [-0.39, 0.29) is 25.4 Å². The molecule has 5 unspecified atom stereocenters. The van der Waals surface area contributed by atoms with Crippen LogP contribution in [0.15, 0.2) is 12.7 Å². The summed E-state index contributed by atoms with van der Waals surface area (Å²) in [6, 6.07) is 0. The molecule has 27 heavy (non-hydrogen) atoms. The van der Waals surface area contributed by atoms with Crippen LogP contribution in [0.5, 0.6) is 0 Å². The minimum atomic E-state index is -1.28. The lowest BCUT2D eigenvalue weighted by molar-refractivity contribution is -0.189. The van der Waals surface area contributed by atoms with Crippen LogP contribution in [0.2, 0.25) is 0 Å². The third-order valence-corrected chi connectivity index (χ3v) is 5.42. The number of rotatable bonds is 9. The summed E-state index contributed by atoms with van der Waals surface area (Å²) >= 11 is 0. The second-order valence-electron chi connectivity index (χ2n) is 7.26. The van der Waals surface area contributed by atoms with E-state index in [1.165, 1.54) is 0 Å². The van der Waals surface area contributed by atoms with Crippen molar-refractivity contribution in [3.63, 3.8) is 0 Å². The molecule has 8 nitrogen and oxygen atoms in total. The molecule has 0 aromatic rings. The molecule has 2 saturated heterocycles.